The van der Waals surface area contributed by atoms with E-state index in [4.69, 9.17) is 14.5 Å². The molecule has 5 heterocycles. The molecule has 4 aliphatic rings. The number of aromatic nitrogens is 2. The number of aromatic amines is 1. The van der Waals surface area contributed by atoms with Gasteiger partial charge in [0, 0.05) is 93.2 Å². The van der Waals surface area contributed by atoms with Crippen LogP contribution < -0.4 is 15.4 Å². The molecule has 0 bridgehead atoms. The summed E-state index contributed by atoms with van der Waals surface area (Å²) in [6, 6.07) is 12.0. The quantitative estimate of drug-likeness (QED) is 0.162. The molecule has 0 radical (unpaired) electrons. The van der Waals surface area contributed by atoms with Crippen LogP contribution in [0.4, 0.5) is 28.4 Å². The van der Waals surface area contributed by atoms with E-state index in [1.165, 1.54) is 19.2 Å². The van der Waals surface area contributed by atoms with E-state index in [2.05, 4.69) is 32.2 Å². The molecule has 0 aliphatic carbocycles. The van der Waals surface area contributed by atoms with Gasteiger partial charge in [-0.3, -0.25) is 14.5 Å². The molecule has 4 fully saturated rings. The first kappa shape index (κ1) is 45.9. The average Bonchev–Trinajstić information content (AvgIpc) is 3.91. The third-order valence-corrected chi connectivity index (χ3v) is 13.3. The van der Waals surface area contributed by atoms with Crippen molar-refractivity contribution in [1.29, 1.82) is 0 Å². The van der Waals surface area contributed by atoms with Crippen LogP contribution >= 0.6 is 0 Å². The van der Waals surface area contributed by atoms with E-state index in [0.29, 0.717) is 101 Å². The van der Waals surface area contributed by atoms with Crippen LogP contribution in [0.25, 0.3) is 32.9 Å². The van der Waals surface area contributed by atoms with Crippen molar-refractivity contribution in [1.82, 2.24) is 34.9 Å². The van der Waals surface area contributed by atoms with Gasteiger partial charge >= 0.3 is 18.5 Å². The first-order chi connectivity index (χ1) is 30.9. The molecule has 3 N–H and O–H groups in total. The fourth-order valence-electron chi connectivity index (χ4n) is 9.94. The van der Waals surface area contributed by atoms with E-state index in [-0.39, 0.29) is 40.9 Å². The summed E-state index contributed by atoms with van der Waals surface area (Å²) in [5, 5.41) is 7.04. The Morgan fingerprint density at radius 2 is 1.62 bits per heavy atom. The molecule has 65 heavy (non-hydrogen) atoms. The van der Waals surface area contributed by atoms with Gasteiger partial charge in [-0.05, 0) is 79.2 Å². The largest absolute Gasteiger partial charge is 0.573 e. The lowest BCUT2D eigenvalue weighted by atomic mass is 9.90. The van der Waals surface area contributed by atoms with Crippen LogP contribution in [0.2, 0.25) is 0 Å². The fraction of sp³-hybridized carbons (Fsp3) is 0.553. The second kappa shape index (κ2) is 18.7. The molecule has 3 aromatic carbocycles. The highest BCUT2D eigenvalue weighted by molar-refractivity contribution is 6.05. The van der Waals surface area contributed by atoms with Crippen molar-refractivity contribution < 1.29 is 46.6 Å². The number of piperidine rings is 1. The lowest BCUT2D eigenvalue weighted by molar-refractivity contribution is -0.274. The summed E-state index contributed by atoms with van der Waals surface area (Å²) in [5.41, 5.74) is 1.77. The molecule has 18 heteroatoms. The number of ether oxygens (including phenoxy) is 3. The van der Waals surface area contributed by atoms with Gasteiger partial charge in [-0.1, -0.05) is 45.9 Å². The lowest BCUT2D eigenvalue weighted by Crippen LogP contribution is -2.56. The SMILES string of the molecule is COC(=O)NC(C(=O)N1CC(C)CC1c1nc2c(ccc3cc(-c4ccc(NC(=O)N5CCN(C6CCN(C(=O)C(C)(C)C)CC6)CC5)cc4OC(F)(F)F)ccc32)[nH]1)C1CCOCC1. The predicted molar refractivity (Wildman–Crippen MR) is 238 cm³/mol. The topological polar surface area (TPSA) is 162 Å². The standard InChI is InChI=1S/C47H59F3N8O7/c1-28-24-37(58(27-28)42(59)39(54-45(62)63-5)29-14-22-64-23-15-29)41-52-36-11-7-31-25-30(6-9-35(31)40(36)53-41)34-10-8-32(26-38(34)65-47(48,49)50)51-44(61)57-20-18-55(19-21-57)33-12-16-56(17-13-33)43(60)46(2,3)4/h6-11,25-26,28-29,33,37,39H,12-24,27H2,1-5H3,(H,51,61)(H,52,53)(H,54,62). The average molecular weight is 905 g/mol. The van der Waals surface area contributed by atoms with Crippen LogP contribution in [0.1, 0.15) is 71.7 Å². The Morgan fingerprint density at radius 3 is 2.29 bits per heavy atom. The van der Waals surface area contributed by atoms with E-state index in [1.807, 2.05) is 37.8 Å². The second-order valence-corrected chi connectivity index (χ2v) is 18.9. The van der Waals surface area contributed by atoms with Gasteiger partial charge in [-0.2, -0.15) is 0 Å². The van der Waals surface area contributed by atoms with Crippen molar-refractivity contribution in [3.8, 4) is 16.9 Å². The molecule has 4 aromatic rings. The first-order valence-electron chi connectivity index (χ1n) is 22.6. The summed E-state index contributed by atoms with van der Waals surface area (Å²) >= 11 is 0. The van der Waals surface area contributed by atoms with Crippen LogP contribution in [0.15, 0.2) is 48.5 Å². The van der Waals surface area contributed by atoms with Crippen LogP contribution in [0.5, 0.6) is 5.75 Å². The molecule has 4 aliphatic heterocycles. The lowest BCUT2D eigenvalue weighted by Gasteiger charge is -2.43. The van der Waals surface area contributed by atoms with Crippen LogP contribution in [-0.2, 0) is 19.1 Å². The maximum Gasteiger partial charge on any atom is 0.573 e. The Morgan fingerprint density at radius 1 is 0.892 bits per heavy atom. The normalized spacial score (nSPS) is 21.1. The van der Waals surface area contributed by atoms with Gasteiger partial charge in [-0.15, -0.1) is 13.2 Å². The van der Waals surface area contributed by atoms with Crippen LogP contribution in [0, 0.1) is 17.3 Å². The smallest absolute Gasteiger partial charge is 0.453 e. The molecule has 1 aromatic heterocycles. The number of alkyl carbamates (subject to hydrolysis) is 1. The summed E-state index contributed by atoms with van der Waals surface area (Å²) in [5.74, 6) is 0.152. The van der Waals surface area contributed by atoms with Gasteiger partial charge < -0.3 is 44.5 Å². The number of nitrogens with one attached hydrogen (secondary N) is 3. The molecule has 0 saturated carbocycles. The van der Waals surface area contributed by atoms with Gasteiger partial charge in [0.2, 0.25) is 11.8 Å². The number of urea groups is 1. The Bertz CT molecular complexity index is 2400. The Kier molecular flexibility index (Phi) is 13.2. The van der Waals surface area contributed by atoms with Gasteiger partial charge in [0.05, 0.1) is 24.2 Å². The maximum atomic E-state index is 14.2. The zero-order valence-corrected chi connectivity index (χ0v) is 37.6. The third-order valence-electron chi connectivity index (χ3n) is 13.3. The zero-order chi connectivity index (χ0) is 46.2. The number of nitrogens with zero attached hydrogens (tertiary/aromatic N) is 5. The highest BCUT2D eigenvalue weighted by Gasteiger charge is 2.42. The molecular weight excluding hydrogens is 846 g/mol. The monoisotopic (exact) mass is 904 g/mol. The van der Waals surface area contributed by atoms with Crippen molar-refractivity contribution in [2.75, 3.05) is 71.5 Å². The van der Waals surface area contributed by atoms with E-state index in [1.54, 1.807) is 34.1 Å². The number of alkyl halides is 3. The number of benzene rings is 3. The number of halogens is 3. The fourth-order valence-corrected chi connectivity index (χ4v) is 9.94. The molecule has 4 saturated heterocycles. The van der Waals surface area contributed by atoms with Crippen molar-refractivity contribution in [2.24, 2.45) is 17.3 Å². The molecular formula is C47H59F3N8O7. The number of piperazine rings is 1. The maximum absolute atomic E-state index is 14.2. The number of carbonyl (C=O) groups is 4. The Hall–Kier alpha value is -5.62. The van der Waals surface area contributed by atoms with Gasteiger partial charge in [-0.25, -0.2) is 14.6 Å². The number of methoxy groups -OCH3 is 1. The number of rotatable bonds is 8. The predicted octanol–water partition coefficient (Wildman–Crippen LogP) is 7.53. The molecule has 3 unspecified atom stereocenters. The summed E-state index contributed by atoms with van der Waals surface area (Å²) in [4.78, 5) is 69.0. The van der Waals surface area contributed by atoms with Crippen molar-refractivity contribution >= 4 is 51.4 Å². The van der Waals surface area contributed by atoms with Crippen molar-refractivity contribution in [3.05, 3.63) is 54.4 Å². The third kappa shape index (κ3) is 10.3. The van der Waals surface area contributed by atoms with E-state index in [9.17, 15) is 32.3 Å². The van der Waals surface area contributed by atoms with E-state index < -0.39 is 35.7 Å². The number of fused-ring (bicyclic) bond motifs is 3. The number of hydrogen-bond donors (Lipinski definition) is 3. The minimum absolute atomic E-state index is 0.113. The molecule has 350 valence electrons. The van der Waals surface area contributed by atoms with Gasteiger partial charge in [0.15, 0.2) is 0 Å². The number of carbonyl (C=O) groups excluding carboxylic acids is 4. The van der Waals surface area contributed by atoms with Crippen molar-refractivity contribution in [3.63, 3.8) is 0 Å². The van der Waals surface area contributed by atoms with Crippen molar-refractivity contribution in [2.45, 2.75) is 84.3 Å². The van der Waals surface area contributed by atoms with Crippen LogP contribution in [0.3, 0.4) is 0 Å². The van der Waals surface area contributed by atoms with Gasteiger partial charge in [0.1, 0.15) is 17.6 Å². The number of hydrogen-bond acceptors (Lipinski definition) is 9. The minimum atomic E-state index is -4.99. The van der Waals surface area contributed by atoms with Crippen LogP contribution in [-0.4, -0.2) is 138 Å². The summed E-state index contributed by atoms with van der Waals surface area (Å²) < 4.78 is 56.6. The molecule has 3 atom stereocenters. The minimum Gasteiger partial charge on any atom is -0.453 e. The summed E-state index contributed by atoms with van der Waals surface area (Å²) in [6.45, 7) is 13.0. The Balaban J connectivity index is 0.966. The Labute approximate surface area is 376 Å². The summed E-state index contributed by atoms with van der Waals surface area (Å²) in [6.07, 6.45) is -2.02. The first-order valence-corrected chi connectivity index (χ1v) is 22.6. The number of likely N-dealkylation sites (tertiary alicyclic amines) is 2. The van der Waals surface area contributed by atoms with Gasteiger partial charge in [0.25, 0.3) is 0 Å². The molecule has 0 spiro atoms. The van der Waals surface area contributed by atoms with E-state index in [0.717, 1.165) is 29.1 Å². The molecule has 8 rings (SSSR count). The molecule has 15 nitrogen and oxygen atoms in total. The number of H-pyrrole nitrogens is 1. The molecule has 5 amide bonds. The zero-order valence-electron chi connectivity index (χ0n) is 37.6. The highest BCUT2D eigenvalue weighted by Crippen LogP contribution is 2.40. The highest BCUT2D eigenvalue weighted by atomic mass is 19.4. The van der Waals surface area contributed by atoms with E-state index >= 15 is 0 Å². The number of anilines is 1. The summed E-state index contributed by atoms with van der Waals surface area (Å²) in [7, 11) is 1.27. The number of imidazole rings is 1. The number of amides is 5. The second-order valence-electron chi connectivity index (χ2n) is 18.9.